The quantitative estimate of drug-likeness (QED) is 0.716. The van der Waals surface area contributed by atoms with Crippen LogP contribution in [0, 0.1) is 6.92 Å². The highest BCUT2D eigenvalue weighted by atomic mass is 35.5. The van der Waals surface area contributed by atoms with Gasteiger partial charge in [0.25, 0.3) is 11.8 Å². The summed E-state index contributed by atoms with van der Waals surface area (Å²) in [5.74, 6) is -0.185. The number of halogens is 1. The van der Waals surface area contributed by atoms with Crippen LogP contribution in [0.1, 0.15) is 32.3 Å². The van der Waals surface area contributed by atoms with Gasteiger partial charge >= 0.3 is 0 Å². The van der Waals surface area contributed by atoms with Crippen LogP contribution in [0.2, 0.25) is 5.02 Å². The lowest BCUT2D eigenvalue weighted by Crippen LogP contribution is -2.25. The van der Waals surface area contributed by atoms with E-state index in [1.165, 1.54) is 6.26 Å². The van der Waals surface area contributed by atoms with Crippen molar-refractivity contribution in [3.05, 3.63) is 82.5 Å². The largest absolute Gasteiger partial charge is 0.467 e. The van der Waals surface area contributed by atoms with E-state index in [1.54, 1.807) is 48.5 Å². The van der Waals surface area contributed by atoms with E-state index >= 15 is 0 Å². The second kappa shape index (κ2) is 7.84. The Morgan fingerprint density at radius 2 is 1.77 bits per heavy atom. The lowest BCUT2D eigenvalue weighted by Gasteiger charge is -2.10. The molecule has 0 aliphatic carbocycles. The summed E-state index contributed by atoms with van der Waals surface area (Å²) in [5, 5.41) is 6.00. The highest BCUT2D eigenvalue weighted by molar-refractivity contribution is 6.31. The third-order valence-electron chi connectivity index (χ3n) is 3.73. The lowest BCUT2D eigenvalue weighted by atomic mass is 10.2. The Morgan fingerprint density at radius 1 is 1.04 bits per heavy atom. The van der Waals surface area contributed by atoms with Gasteiger partial charge in [-0.1, -0.05) is 23.7 Å². The van der Waals surface area contributed by atoms with Crippen LogP contribution >= 0.6 is 11.6 Å². The monoisotopic (exact) mass is 369 g/mol. The van der Waals surface area contributed by atoms with Gasteiger partial charge in [0.05, 0.1) is 12.8 Å². The Bertz CT molecular complexity index is 939. The first-order chi connectivity index (χ1) is 12.5. The van der Waals surface area contributed by atoms with E-state index in [-0.39, 0.29) is 17.9 Å². The van der Waals surface area contributed by atoms with Crippen molar-refractivity contribution in [3.63, 3.8) is 0 Å². The average molecular weight is 370 g/mol. The third kappa shape index (κ3) is 4.10. The van der Waals surface area contributed by atoms with Crippen molar-refractivity contribution in [2.24, 2.45) is 0 Å². The highest BCUT2D eigenvalue weighted by Crippen LogP contribution is 2.23. The zero-order valence-corrected chi connectivity index (χ0v) is 14.7. The first kappa shape index (κ1) is 17.7. The van der Waals surface area contributed by atoms with E-state index in [0.717, 1.165) is 5.56 Å². The first-order valence-corrected chi connectivity index (χ1v) is 8.26. The molecule has 0 fully saturated rings. The number of amides is 2. The van der Waals surface area contributed by atoms with Gasteiger partial charge in [0.15, 0.2) is 0 Å². The molecule has 26 heavy (non-hydrogen) atoms. The predicted molar refractivity (Wildman–Crippen MR) is 98.3 cm³/mol. The zero-order chi connectivity index (χ0) is 18.5. The molecule has 3 rings (SSSR count). The van der Waals surface area contributed by atoms with Crippen molar-refractivity contribution < 1.29 is 14.0 Å². The Hall–Kier alpha value is -3.12. The van der Waals surface area contributed by atoms with Crippen molar-refractivity contribution in [2.45, 2.75) is 13.5 Å². The second-order valence-corrected chi connectivity index (χ2v) is 5.94. The second-order valence-electron chi connectivity index (χ2n) is 5.54. The number of carbonyl (C=O) groups is 2. The minimum atomic E-state index is -0.420. The molecule has 2 N–H and O–H groups in total. The summed E-state index contributed by atoms with van der Waals surface area (Å²) in [5.41, 5.74) is 1.63. The molecule has 2 heterocycles. The molecular formula is C19H16ClN3O3. The highest BCUT2D eigenvalue weighted by Gasteiger charge is 2.14. The molecule has 0 spiro atoms. The fourth-order valence-corrected chi connectivity index (χ4v) is 2.46. The fourth-order valence-electron chi connectivity index (χ4n) is 2.29. The number of hydrogen-bond acceptors (Lipinski definition) is 4. The summed E-state index contributed by atoms with van der Waals surface area (Å²) in [6, 6.07) is 13.4. The molecular weight excluding hydrogens is 354 g/mol. The summed E-state index contributed by atoms with van der Waals surface area (Å²) in [6.45, 7) is 2.05. The number of nitrogens with one attached hydrogen (secondary N) is 2. The molecule has 0 atom stereocenters. The minimum absolute atomic E-state index is 0.134. The Labute approximate surface area is 155 Å². The number of furan rings is 1. The van der Waals surface area contributed by atoms with Gasteiger partial charge in [-0.05, 0) is 48.9 Å². The van der Waals surface area contributed by atoms with Gasteiger partial charge in [-0.2, -0.15) is 0 Å². The molecule has 1 aromatic carbocycles. The number of anilines is 1. The van der Waals surface area contributed by atoms with Crippen LogP contribution in [0.4, 0.5) is 5.69 Å². The fraction of sp³-hybridized carbons (Fsp3) is 0.105. The molecule has 0 bridgehead atoms. The molecule has 2 amide bonds. The van der Waals surface area contributed by atoms with Crippen molar-refractivity contribution in [1.29, 1.82) is 0 Å². The van der Waals surface area contributed by atoms with Gasteiger partial charge < -0.3 is 15.1 Å². The van der Waals surface area contributed by atoms with Gasteiger partial charge in [0.2, 0.25) is 0 Å². The van der Waals surface area contributed by atoms with Crippen LogP contribution in [-0.2, 0) is 6.54 Å². The molecule has 0 radical (unpaired) electrons. The molecule has 0 saturated heterocycles. The van der Waals surface area contributed by atoms with Gasteiger partial charge in [0, 0.05) is 10.7 Å². The summed E-state index contributed by atoms with van der Waals surface area (Å²) in [6.07, 6.45) is 1.53. The van der Waals surface area contributed by atoms with Crippen LogP contribution in [0.15, 0.2) is 59.2 Å². The predicted octanol–water partition coefficient (Wildman–Crippen LogP) is 3.82. The summed E-state index contributed by atoms with van der Waals surface area (Å²) < 4.78 is 5.16. The Balaban J connectivity index is 1.70. The van der Waals surface area contributed by atoms with Crippen LogP contribution in [0.3, 0.4) is 0 Å². The van der Waals surface area contributed by atoms with E-state index in [9.17, 15) is 9.59 Å². The van der Waals surface area contributed by atoms with Crippen LogP contribution in [0.25, 0.3) is 0 Å². The number of aromatic nitrogens is 1. The lowest BCUT2D eigenvalue weighted by molar-refractivity contribution is 0.0943. The molecule has 0 saturated carbocycles. The van der Waals surface area contributed by atoms with Gasteiger partial charge in [-0.25, -0.2) is 4.98 Å². The van der Waals surface area contributed by atoms with Crippen molar-refractivity contribution in [3.8, 4) is 0 Å². The Morgan fingerprint density at radius 3 is 2.50 bits per heavy atom. The van der Waals surface area contributed by atoms with E-state index < -0.39 is 11.8 Å². The SMILES string of the molecule is Cc1c(Cl)cccc1NC(=O)c1cccc(C(=O)NCc2ccco2)n1. The smallest absolute Gasteiger partial charge is 0.274 e. The molecule has 132 valence electrons. The van der Waals surface area contributed by atoms with E-state index in [4.69, 9.17) is 16.0 Å². The number of pyridine rings is 1. The summed E-state index contributed by atoms with van der Waals surface area (Å²) >= 11 is 6.06. The molecule has 7 heteroatoms. The van der Waals surface area contributed by atoms with Crippen LogP contribution in [-0.4, -0.2) is 16.8 Å². The number of nitrogens with zero attached hydrogens (tertiary/aromatic N) is 1. The van der Waals surface area contributed by atoms with Gasteiger partial charge in [-0.15, -0.1) is 0 Å². The maximum absolute atomic E-state index is 12.4. The summed E-state index contributed by atoms with van der Waals surface area (Å²) in [4.78, 5) is 28.8. The Kier molecular flexibility index (Phi) is 5.34. The van der Waals surface area contributed by atoms with Crippen molar-refractivity contribution in [2.75, 3.05) is 5.32 Å². The zero-order valence-electron chi connectivity index (χ0n) is 14.0. The maximum Gasteiger partial charge on any atom is 0.274 e. The molecule has 2 aromatic heterocycles. The topological polar surface area (TPSA) is 84.2 Å². The van der Waals surface area contributed by atoms with Crippen LogP contribution in [0.5, 0.6) is 0 Å². The standard InChI is InChI=1S/C19H16ClN3O3/c1-12-14(20)6-2-7-15(12)23-19(25)17-9-3-8-16(22-17)18(24)21-11-13-5-4-10-26-13/h2-10H,11H2,1H3,(H,21,24)(H,23,25). The molecule has 0 aliphatic heterocycles. The van der Waals surface area contributed by atoms with Crippen molar-refractivity contribution in [1.82, 2.24) is 10.3 Å². The van der Waals surface area contributed by atoms with Gasteiger partial charge in [0.1, 0.15) is 17.1 Å². The maximum atomic E-state index is 12.4. The molecule has 0 aliphatic rings. The number of benzene rings is 1. The number of carbonyl (C=O) groups excluding carboxylic acids is 2. The van der Waals surface area contributed by atoms with E-state index in [0.29, 0.717) is 16.5 Å². The normalized spacial score (nSPS) is 10.4. The number of hydrogen-bond donors (Lipinski definition) is 2. The minimum Gasteiger partial charge on any atom is -0.467 e. The third-order valence-corrected chi connectivity index (χ3v) is 4.14. The van der Waals surface area contributed by atoms with Crippen LogP contribution < -0.4 is 10.6 Å². The molecule has 6 nitrogen and oxygen atoms in total. The average Bonchev–Trinajstić information content (AvgIpc) is 3.17. The number of rotatable bonds is 5. The van der Waals surface area contributed by atoms with E-state index in [2.05, 4.69) is 15.6 Å². The van der Waals surface area contributed by atoms with Gasteiger partial charge in [-0.3, -0.25) is 9.59 Å². The molecule has 3 aromatic rings. The van der Waals surface area contributed by atoms with Crippen molar-refractivity contribution >= 4 is 29.1 Å². The van der Waals surface area contributed by atoms with E-state index in [1.807, 2.05) is 6.92 Å². The molecule has 0 unspecified atom stereocenters. The summed E-state index contributed by atoms with van der Waals surface area (Å²) in [7, 11) is 0. The first-order valence-electron chi connectivity index (χ1n) is 7.88.